The summed E-state index contributed by atoms with van der Waals surface area (Å²) in [6.45, 7) is 0. The lowest BCUT2D eigenvalue weighted by Crippen LogP contribution is -2.35. The molecule has 1 rings (SSSR count). The average Bonchev–Trinajstić information content (AvgIpc) is 2.33. The summed E-state index contributed by atoms with van der Waals surface area (Å²) in [5, 5.41) is 6.04. The molecule has 0 saturated heterocycles. The van der Waals surface area contributed by atoms with Crippen molar-refractivity contribution in [2.24, 2.45) is 0 Å². The number of nitrogens with zero attached hydrogens (tertiary/aromatic N) is 1. The molecule has 12 heteroatoms. The summed E-state index contributed by atoms with van der Waals surface area (Å²) >= 11 is 4.30. The van der Waals surface area contributed by atoms with Gasteiger partial charge in [-0.15, -0.1) is 0 Å². The van der Waals surface area contributed by atoms with Gasteiger partial charge in [0.25, 0.3) is 17.5 Å². The van der Waals surface area contributed by atoms with Crippen LogP contribution < -0.4 is 4.74 Å². The fourth-order valence-corrected chi connectivity index (χ4v) is 2.01. The standard InChI is InChI=1S/C13H10ClF6NO4/c14-13(19,20)7-12(17,18)6-11(15,16)5-10(22)25-9-3-1-8(2-4-9)21(23)24/h1-4H,5-7H2. The van der Waals surface area contributed by atoms with Crippen LogP contribution in [0.25, 0.3) is 0 Å². The Morgan fingerprint density at radius 2 is 1.56 bits per heavy atom. The van der Waals surface area contributed by atoms with Crippen molar-refractivity contribution in [2.75, 3.05) is 0 Å². The van der Waals surface area contributed by atoms with Gasteiger partial charge in [-0.2, -0.15) is 8.78 Å². The number of non-ortho nitro benzene ring substituents is 1. The molecule has 0 atom stereocenters. The Kier molecular flexibility index (Phi) is 6.27. The molecule has 0 unspecified atom stereocenters. The van der Waals surface area contributed by atoms with Crippen LogP contribution in [-0.4, -0.2) is 28.1 Å². The molecule has 1 aromatic rings. The van der Waals surface area contributed by atoms with E-state index in [4.69, 9.17) is 0 Å². The number of esters is 1. The summed E-state index contributed by atoms with van der Waals surface area (Å²) in [4.78, 5) is 21.0. The molecule has 0 bridgehead atoms. The van der Waals surface area contributed by atoms with Gasteiger partial charge in [0.1, 0.15) is 12.2 Å². The van der Waals surface area contributed by atoms with Crippen molar-refractivity contribution in [3.8, 4) is 5.75 Å². The van der Waals surface area contributed by atoms with Crippen molar-refractivity contribution in [3.63, 3.8) is 0 Å². The van der Waals surface area contributed by atoms with Crippen LogP contribution >= 0.6 is 11.6 Å². The van der Waals surface area contributed by atoms with E-state index < -0.39 is 47.4 Å². The third-order valence-corrected chi connectivity index (χ3v) is 2.79. The maximum Gasteiger partial charge on any atom is 0.327 e. The number of nitro groups is 1. The highest BCUT2D eigenvalue weighted by Gasteiger charge is 2.49. The first-order chi connectivity index (χ1) is 11.2. The van der Waals surface area contributed by atoms with Gasteiger partial charge < -0.3 is 4.74 Å². The molecule has 5 nitrogen and oxygen atoms in total. The first-order valence-corrected chi connectivity index (χ1v) is 6.84. The van der Waals surface area contributed by atoms with Gasteiger partial charge >= 0.3 is 11.4 Å². The van der Waals surface area contributed by atoms with Crippen LogP contribution in [0, 0.1) is 10.1 Å². The van der Waals surface area contributed by atoms with E-state index in [-0.39, 0.29) is 11.4 Å². The van der Waals surface area contributed by atoms with Crippen LogP contribution in [0.15, 0.2) is 24.3 Å². The van der Waals surface area contributed by atoms with Crippen molar-refractivity contribution in [1.82, 2.24) is 0 Å². The molecule has 0 aromatic heterocycles. The fourth-order valence-electron chi connectivity index (χ4n) is 1.81. The quantitative estimate of drug-likeness (QED) is 0.159. The number of carbonyl (C=O) groups excluding carboxylic acids is 1. The zero-order chi connectivity index (χ0) is 19.5. The molecule has 1 aromatic carbocycles. The highest BCUT2D eigenvalue weighted by atomic mass is 35.5. The van der Waals surface area contributed by atoms with Crippen molar-refractivity contribution in [3.05, 3.63) is 34.4 Å². The predicted octanol–water partition coefficient (Wildman–Crippen LogP) is 4.77. The minimum atomic E-state index is -4.51. The molecule has 0 amide bonds. The molecule has 140 valence electrons. The zero-order valence-corrected chi connectivity index (χ0v) is 12.9. The summed E-state index contributed by atoms with van der Waals surface area (Å²) in [6.07, 6.45) is -6.43. The van der Waals surface area contributed by atoms with Crippen LogP contribution in [0.1, 0.15) is 19.3 Å². The van der Waals surface area contributed by atoms with Crippen LogP contribution in [-0.2, 0) is 4.79 Å². The maximum atomic E-state index is 13.5. The summed E-state index contributed by atoms with van der Waals surface area (Å²) in [5.41, 5.74) is -0.355. The molecule has 0 heterocycles. The molecular formula is C13H10ClF6NO4. The molecule has 0 radical (unpaired) electrons. The normalized spacial score (nSPS) is 12.8. The lowest BCUT2D eigenvalue weighted by atomic mass is 10.0. The first-order valence-electron chi connectivity index (χ1n) is 6.47. The van der Waals surface area contributed by atoms with E-state index in [9.17, 15) is 41.3 Å². The number of halogens is 7. The average molecular weight is 394 g/mol. The molecule has 0 fully saturated rings. The van der Waals surface area contributed by atoms with Gasteiger partial charge in [-0.1, -0.05) is 0 Å². The van der Waals surface area contributed by atoms with Crippen molar-refractivity contribution >= 4 is 23.3 Å². The third kappa shape index (κ3) is 8.05. The van der Waals surface area contributed by atoms with Gasteiger partial charge in [0.2, 0.25) is 0 Å². The van der Waals surface area contributed by atoms with E-state index in [1.165, 1.54) is 0 Å². The summed E-state index contributed by atoms with van der Waals surface area (Å²) in [5.74, 6) is -10.8. The number of benzene rings is 1. The highest BCUT2D eigenvalue weighted by molar-refractivity contribution is 6.21. The van der Waals surface area contributed by atoms with E-state index >= 15 is 0 Å². The van der Waals surface area contributed by atoms with Gasteiger partial charge in [0.05, 0.1) is 17.8 Å². The molecule has 0 aliphatic rings. The number of alkyl halides is 7. The van der Waals surface area contributed by atoms with E-state index in [1.54, 1.807) is 0 Å². The Morgan fingerprint density at radius 3 is 2.00 bits per heavy atom. The van der Waals surface area contributed by atoms with E-state index in [2.05, 4.69) is 16.3 Å². The highest BCUT2D eigenvalue weighted by Crippen LogP contribution is 2.41. The fraction of sp³-hybridized carbons (Fsp3) is 0.462. The number of rotatable bonds is 8. The van der Waals surface area contributed by atoms with Crippen molar-refractivity contribution in [2.45, 2.75) is 36.5 Å². The topological polar surface area (TPSA) is 69.4 Å². The van der Waals surface area contributed by atoms with Crippen LogP contribution in [0.5, 0.6) is 5.75 Å². The largest absolute Gasteiger partial charge is 0.426 e. The monoisotopic (exact) mass is 393 g/mol. The lowest BCUT2D eigenvalue weighted by molar-refractivity contribution is -0.384. The summed E-state index contributed by atoms with van der Waals surface area (Å²) in [7, 11) is 0. The van der Waals surface area contributed by atoms with Gasteiger partial charge in [0, 0.05) is 12.1 Å². The predicted molar refractivity (Wildman–Crippen MR) is 73.3 cm³/mol. The van der Waals surface area contributed by atoms with Gasteiger partial charge in [-0.25, -0.2) is 17.6 Å². The Morgan fingerprint density at radius 1 is 1.04 bits per heavy atom. The van der Waals surface area contributed by atoms with Crippen LogP contribution in [0.2, 0.25) is 0 Å². The second kappa shape index (κ2) is 7.46. The number of carbonyl (C=O) groups is 1. The first kappa shape index (κ1) is 21.0. The lowest BCUT2D eigenvalue weighted by Gasteiger charge is -2.23. The van der Waals surface area contributed by atoms with Crippen LogP contribution in [0.3, 0.4) is 0 Å². The summed E-state index contributed by atoms with van der Waals surface area (Å²) < 4.78 is 82.3. The minimum absolute atomic E-state index is 0.328. The molecule has 0 aliphatic heterocycles. The number of hydrogen-bond acceptors (Lipinski definition) is 4. The molecule has 25 heavy (non-hydrogen) atoms. The van der Waals surface area contributed by atoms with Gasteiger partial charge in [-0.3, -0.25) is 14.9 Å². The minimum Gasteiger partial charge on any atom is -0.426 e. The number of nitro benzene ring substituents is 1. The molecule has 0 aliphatic carbocycles. The van der Waals surface area contributed by atoms with E-state index in [0.717, 1.165) is 24.3 Å². The van der Waals surface area contributed by atoms with Gasteiger partial charge in [0.15, 0.2) is 0 Å². The van der Waals surface area contributed by atoms with E-state index in [1.807, 2.05) is 0 Å². The summed E-state index contributed by atoms with van der Waals surface area (Å²) in [6, 6.07) is 3.74. The SMILES string of the molecule is O=C(CC(F)(F)CC(F)(F)CC(F)(F)Cl)Oc1ccc([N+](=O)[O-])cc1. The van der Waals surface area contributed by atoms with Crippen LogP contribution in [0.4, 0.5) is 32.0 Å². The molecule has 0 spiro atoms. The smallest absolute Gasteiger partial charge is 0.327 e. The van der Waals surface area contributed by atoms with Crippen molar-refractivity contribution < 1.29 is 40.8 Å². The van der Waals surface area contributed by atoms with E-state index in [0.29, 0.717) is 0 Å². The molecule has 0 N–H and O–H groups in total. The Hall–Kier alpha value is -2.04. The third-order valence-electron chi connectivity index (χ3n) is 2.66. The maximum absolute atomic E-state index is 13.5. The Bertz CT molecular complexity index is 632. The Labute approximate surface area is 141 Å². The van der Waals surface area contributed by atoms with Gasteiger partial charge in [-0.05, 0) is 23.7 Å². The number of hydrogen-bond donors (Lipinski definition) is 0. The van der Waals surface area contributed by atoms with Crippen molar-refractivity contribution in [1.29, 1.82) is 0 Å². The molecule has 0 saturated carbocycles. The molecular weight excluding hydrogens is 384 g/mol. The Balaban J connectivity index is 2.66. The second-order valence-electron chi connectivity index (χ2n) is 5.08. The zero-order valence-electron chi connectivity index (χ0n) is 12.2. The number of ether oxygens (including phenoxy) is 1. The second-order valence-corrected chi connectivity index (χ2v) is 5.64.